The molecule has 0 aliphatic carbocycles. The van der Waals surface area contributed by atoms with Crippen LogP contribution in [0.4, 0.5) is 0 Å². The molecule has 0 saturated heterocycles. The van der Waals surface area contributed by atoms with Crippen LogP contribution in [0.25, 0.3) is 6.08 Å². The third kappa shape index (κ3) is 8.70. The van der Waals surface area contributed by atoms with Gasteiger partial charge in [-0.15, -0.1) is 0 Å². The zero-order valence-electron chi connectivity index (χ0n) is 23.9. The summed E-state index contributed by atoms with van der Waals surface area (Å²) in [6.07, 6.45) is 4.79. The van der Waals surface area contributed by atoms with Crippen LogP contribution in [0, 0.1) is 0 Å². The Morgan fingerprint density at radius 3 is 2.16 bits per heavy atom. The number of rotatable bonds is 14. The first kappa shape index (κ1) is 30.9. The molecule has 0 bridgehead atoms. The molecule has 1 atom stereocenters. The molecule has 0 aromatic heterocycles. The van der Waals surface area contributed by atoms with Gasteiger partial charge in [0.2, 0.25) is 11.8 Å². The predicted octanol–water partition coefficient (Wildman–Crippen LogP) is 3.19. The van der Waals surface area contributed by atoms with E-state index in [0.717, 1.165) is 28.9 Å². The van der Waals surface area contributed by atoms with E-state index in [1.54, 1.807) is 30.3 Å². The molecule has 1 heterocycles. The van der Waals surface area contributed by atoms with Gasteiger partial charge in [-0.25, -0.2) is 5.48 Å². The Bertz CT molecular complexity index is 1450. The van der Waals surface area contributed by atoms with Gasteiger partial charge in [-0.2, -0.15) is 0 Å². The molecule has 3 N–H and O–H groups in total. The van der Waals surface area contributed by atoms with Gasteiger partial charge in [0.15, 0.2) is 0 Å². The van der Waals surface area contributed by atoms with Gasteiger partial charge in [-0.3, -0.25) is 33.7 Å². The normalized spacial score (nSPS) is 13.1. The van der Waals surface area contributed by atoms with Crippen LogP contribution in [0.2, 0.25) is 0 Å². The van der Waals surface area contributed by atoms with Crippen LogP contribution in [0.5, 0.6) is 0 Å². The summed E-state index contributed by atoms with van der Waals surface area (Å²) in [6.45, 7) is 1.82. The van der Waals surface area contributed by atoms with E-state index < -0.39 is 35.6 Å². The molecule has 222 valence electrons. The molecule has 3 aromatic carbocycles. The molecule has 10 heteroatoms. The highest BCUT2D eigenvalue weighted by Crippen LogP contribution is 2.22. The first-order valence-corrected chi connectivity index (χ1v) is 14.1. The Hall–Kier alpha value is -5.09. The van der Waals surface area contributed by atoms with Crippen molar-refractivity contribution < 1.29 is 28.8 Å². The zero-order chi connectivity index (χ0) is 30.6. The maximum absolute atomic E-state index is 12.9. The number of carbonyl (C=O) groups excluding carboxylic acids is 5. The number of aryl methyl sites for hydroxylation is 1. The van der Waals surface area contributed by atoms with E-state index in [-0.39, 0.29) is 37.2 Å². The summed E-state index contributed by atoms with van der Waals surface area (Å²) in [5, 5.41) is 5.20. The van der Waals surface area contributed by atoms with Crippen LogP contribution in [0.15, 0.2) is 84.9 Å². The standard InChI is InChI=1S/C33H34N4O6/c1-2-8-23-13-15-24(16-14-23)17-18-29(38)34-21-28(31(40)36-43-22-25-9-4-3-5-10-25)35-30(39)19-20-37-32(41)26-11-6-7-12-27(26)33(37)42/h3-7,9-18,28H,2,8,19-22H2,1H3,(H,34,38)(H,35,39)(H,36,40)/t28-/m0/s1. The number of hydroxylamine groups is 1. The molecule has 0 spiro atoms. The third-order valence-electron chi connectivity index (χ3n) is 6.77. The highest BCUT2D eigenvalue weighted by atomic mass is 16.6. The second kappa shape index (κ2) is 15.2. The number of nitrogens with one attached hydrogen (secondary N) is 3. The monoisotopic (exact) mass is 582 g/mol. The number of nitrogens with zero attached hydrogens (tertiary/aromatic N) is 1. The van der Waals surface area contributed by atoms with E-state index in [0.29, 0.717) is 0 Å². The number of hydrogen-bond donors (Lipinski definition) is 3. The zero-order valence-corrected chi connectivity index (χ0v) is 23.9. The van der Waals surface area contributed by atoms with Gasteiger partial charge in [0.1, 0.15) is 6.04 Å². The van der Waals surface area contributed by atoms with Gasteiger partial charge in [0.05, 0.1) is 17.7 Å². The summed E-state index contributed by atoms with van der Waals surface area (Å²) >= 11 is 0. The molecular weight excluding hydrogens is 548 g/mol. The molecule has 0 saturated carbocycles. The van der Waals surface area contributed by atoms with Crippen LogP contribution >= 0.6 is 0 Å². The molecule has 5 amide bonds. The first-order chi connectivity index (χ1) is 20.9. The average Bonchev–Trinajstić information content (AvgIpc) is 3.27. The van der Waals surface area contributed by atoms with E-state index >= 15 is 0 Å². The smallest absolute Gasteiger partial charge is 0.267 e. The topological polar surface area (TPSA) is 134 Å². The fourth-order valence-corrected chi connectivity index (χ4v) is 4.48. The van der Waals surface area contributed by atoms with Crippen molar-refractivity contribution in [1.29, 1.82) is 0 Å². The van der Waals surface area contributed by atoms with Crippen molar-refractivity contribution in [3.05, 3.63) is 113 Å². The molecular formula is C33H34N4O6. The van der Waals surface area contributed by atoms with E-state index in [1.165, 1.54) is 11.6 Å². The van der Waals surface area contributed by atoms with Gasteiger partial charge >= 0.3 is 0 Å². The summed E-state index contributed by atoms with van der Waals surface area (Å²) in [5.41, 5.74) is 5.77. The first-order valence-electron chi connectivity index (χ1n) is 14.1. The minimum absolute atomic E-state index is 0.0964. The molecule has 0 radical (unpaired) electrons. The summed E-state index contributed by atoms with van der Waals surface area (Å²) < 4.78 is 0. The lowest BCUT2D eigenvalue weighted by Crippen LogP contribution is -2.52. The van der Waals surface area contributed by atoms with Crippen molar-refractivity contribution in [2.75, 3.05) is 13.1 Å². The lowest BCUT2D eigenvalue weighted by molar-refractivity contribution is -0.139. The minimum Gasteiger partial charge on any atom is -0.350 e. The number of amides is 5. The van der Waals surface area contributed by atoms with Crippen LogP contribution in [0.1, 0.15) is 57.2 Å². The van der Waals surface area contributed by atoms with Crippen molar-refractivity contribution in [3.63, 3.8) is 0 Å². The van der Waals surface area contributed by atoms with Crippen molar-refractivity contribution in [2.45, 2.75) is 38.8 Å². The molecule has 1 aliphatic rings. The lowest BCUT2D eigenvalue weighted by atomic mass is 10.1. The Morgan fingerprint density at radius 2 is 1.51 bits per heavy atom. The Morgan fingerprint density at radius 1 is 0.860 bits per heavy atom. The fraction of sp³-hybridized carbons (Fsp3) is 0.242. The highest BCUT2D eigenvalue weighted by Gasteiger charge is 2.35. The molecule has 4 rings (SSSR count). The summed E-state index contributed by atoms with van der Waals surface area (Å²) in [7, 11) is 0. The molecule has 1 aliphatic heterocycles. The van der Waals surface area contributed by atoms with Crippen molar-refractivity contribution in [2.24, 2.45) is 0 Å². The summed E-state index contributed by atoms with van der Waals surface area (Å²) in [4.78, 5) is 69.8. The van der Waals surface area contributed by atoms with Crippen molar-refractivity contribution >= 4 is 35.6 Å². The van der Waals surface area contributed by atoms with Gasteiger partial charge in [0, 0.05) is 25.6 Å². The Balaban J connectivity index is 1.33. The van der Waals surface area contributed by atoms with E-state index in [2.05, 4.69) is 23.0 Å². The van der Waals surface area contributed by atoms with Crippen LogP contribution < -0.4 is 16.1 Å². The molecule has 43 heavy (non-hydrogen) atoms. The number of imide groups is 1. The van der Waals surface area contributed by atoms with Crippen LogP contribution in [-0.4, -0.2) is 53.6 Å². The largest absolute Gasteiger partial charge is 0.350 e. The Kier molecular flexibility index (Phi) is 10.9. The maximum Gasteiger partial charge on any atom is 0.267 e. The molecule has 0 fully saturated rings. The lowest BCUT2D eigenvalue weighted by Gasteiger charge is -2.19. The van der Waals surface area contributed by atoms with E-state index in [4.69, 9.17) is 4.84 Å². The Labute approximate surface area is 250 Å². The molecule has 10 nitrogen and oxygen atoms in total. The number of fused-ring (bicyclic) bond motifs is 1. The van der Waals surface area contributed by atoms with Crippen LogP contribution in [-0.2, 0) is 32.2 Å². The highest BCUT2D eigenvalue weighted by molar-refractivity contribution is 6.21. The van der Waals surface area contributed by atoms with Gasteiger partial charge < -0.3 is 10.6 Å². The van der Waals surface area contributed by atoms with E-state index in [1.807, 2.05) is 54.6 Å². The summed E-state index contributed by atoms with van der Waals surface area (Å²) in [5.74, 6) is -2.68. The third-order valence-corrected chi connectivity index (χ3v) is 6.77. The minimum atomic E-state index is -1.18. The predicted molar refractivity (Wildman–Crippen MR) is 160 cm³/mol. The maximum atomic E-state index is 12.9. The van der Waals surface area contributed by atoms with Gasteiger partial charge in [-0.05, 0) is 41.3 Å². The van der Waals surface area contributed by atoms with Crippen LogP contribution in [0.3, 0.4) is 0 Å². The van der Waals surface area contributed by atoms with E-state index in [9.17, 15) is 24.0 Å². The quantitative estimate of drug-likeness (QED) is 0.152. The van der Waals surface area contributed by atoms with Crippen molar-refractivity contribution in [3.8, 4) is 0 Å². The fourth-order valence-electron chi connectivity index (χ4n) is 4.48. The van der Waals surface area contributed by atoms with Gasteiger partial charge in [-0.1, -0.05) is 80.1 Å². The van der Waals surface area contributed by atoms with Gasteiger partial charge in [0.25, 0.3) is 17.7 Å². The van der Waals surface area contributed by atoms with Crippen molar-refractivity contribution in [1.82, 2.24) is 21.0 Å². The second-order valence-electron chi connectivity index (χ2n) is 9.99. The SMILES string of the molecule is CCCc1ccc(C=CC(=O)NC[C@H](NC(=O)CCN2C(=O)c3ccccc3C2=O)C(=O)NOCc2ccccc2)cc1. The second-order valence-corrected chi connectivity index (χ2v) is 9.99. The number of benzene rings is 3. The molecule has 0 unspecified atom stereocenters. The summed E-state index contributed by atoms with van der Waals surface area (Å²) in [6, 6.07) is 22.3. The number of hydrogen-bond acceptors (Lipinski definition) is 6. The molecule has 3 aromatic rings. The number of carbonyl (C=O) groups is 5. The average molecular weight is 583 g/mol.